The minimum atomic E-state index is -0.273. The second kappa shape index (κ2) is 10.4. The van der Waals surface area contributed by atoms with Crippen molar-refractivity contribution in [2.45, 2.75) is 39.5 Å². The van der Waals surface area contributed by atoms with Crippen molar-refractivity contribution in [1.29, 1.82) is 0 Å². The van der Waals surface area contributed by atoms with Gasteiger partial charge in [0, 0.05) is 17.1 Å². The van der Waals surface area contributed by atoms with Crippen LogP contribution in [0.15, 0.2) is 24.3 Å². The highest BCUT2D eigenvalue weighted by atomic mass is 35.5. The molecule has 122 valence electrons. The summed E-state index contributed by atoms with van der Waals surface area (Å²) in [7, 11) is 0. The molecule has 0 radical (unpaired) electrons. The zero-order valence-electron chi connectivity index (χ0n) is 13.1. The van der Waals surface area contributed by atoms with E-state index in [9.17, 15) is 4.79 Å². The molecule has 0 saturated heterocycles. The van der Waals surface area contributed by atoms with Crippen LogP contribution in [0.1, 0.15) is 49.9 Å². The van der Waals surface area contributed by atoms with Crippen molar-refractivity contribution in [2.24, 2.45) is 5.92 Å². The van der Waals surface area contributed by atoms with E-state index >= 15 is 0 Å². The molecule has 1 amide bonds. The van der Waals surface area contributed by atoms with Gasteiger partial charge < -0.3 is 5.32 Å². The van der Waals surface area contributed by atoms with E-state index in [4.69, 9.17) is 23.8 Å². The van der Waals surface area contributed by atoms with Crippen LogP contribution >= 0.6 is 23.8 Å². The fourth-order valence-electron chi connectivity index (χ4n) is 2.04. The van der Waals surface area contributed by atoms with E-state index in [1.165, 1.54) is 19.3 Å². The summed E-state index contributed by atoms with van der Waals surface area (Å²) in [5, 5.41) is 4.09. The summed E-state index contributed by atoms with van der Waals surface area (Å²) < 4.78 is 0. The highest BCUT2D eigenvalue weighted by Crippen LogP contribution is 2.11. The van der Waals surface area contributed by atoms with Gasteiger partial charge in [0.25, 0.3) is 5.91 Å². The van der Waals surface area contributed by atoms with Gasteiger partial charge in [-0.2, -0.15) is 0 Å². The zero-order chi connectivity index (χ0) is 16.4. The molecule has 1 rings (SSSR count). The Labute approximate surface area is 143 Å². The molecule has 1 aromatic carbocycles. The fraction of sp³-hybridized carbons (Fsp3) is 0.500. The first kappa shape index (κ1) is 18.7. The maximum absolute atomic E-state index is 11.9. The molecule has 1 atom stereocenters. The van der Waals surface area contributed by atoms with Gasteiger partial charge in [0.1, 0.15) is 0 Å². The van der Waals surface area contributed by atoms with Crippen LogP contribution in [0.4, 0.5) is 0 Å². The second-order valence-electron chi connectivity index (χ2n) is 5.22. The summed E-state index contributed by atoms with van der Waals surface area (Å²) in [5.74, 6) is 0.327. The van der Waals surface area contributed by atoms with Crippen molar-refractivity contribution >= 4 is 34.8 Å². The molecule has 0 unspecified atom stereocenters. The molecule has 0 saturated carbocycles. The number of halogens is 1. The van der Waals surface area contributed by atoms with Crippen molar-refractivity contribution in [3.63, 3.8) is 0 Å². The number of benzene rings is 1. The SMILES string of the molecule is CCCC[C@H](CC)CNC(=S)NNC(=O)c1cccc(Cl)c1. The van der Waals surface area contributed by atoms with Gasteiger partial charge in [0.2, 0.25) is 0 Å². The molecule has 0 spiro atoms. The summed E-state index contributed by atoms with van der Waals surface area (Å²) in [6, 6.07) is 6.75. The third kappa shape index (κ3) is 7.09. The quantitative estimate of drug-likeness (QED) is 0.523. The lowest BCUT2D eigenvalue weighted by Crippen LogP contribution is -2.47. The van der Waals surface area contributed by atoms with Gasteiger partial charge in [-0.1, -0.05) is 50.8 Å². The summed E-state index contributed by atoms with van der Waals surface area (Å²) >= 11 is 11.0. The Morgan fingerprint density at radius 3 is 2.73 bits per heavy atom. The predicted molar refractivity (Wildman–Crippen MR) is 96.0 cm³/mol. The van der Waals surface area contributed by atoms with Crippen LogP contribution in [0.25, 0.3) is 0 Å². The molecule has 1 aromatic rings. The fourth-order valence-corrected chi connectivity index (χ4v) is 2.36. The Morgan fingerprint density at radius 2 is 2.09 bits per heavy atom. The number of unbranched alkanes of at least 4 members (excludes halogenated alkanes) is 1. The van der Waals surface area contributed by atoms with Crippen molar-refractivity contribution in [1.82, 2.24) is 16.2 Å². The van der Waals surface area contributed by atoms with Crippen molar-refractivity contribution < 1.29 is 4.79 Å². The van der Waals surface area contributed by atoms with Gasteiger partial charge >= 0.3 is 0 Å². The van der Waals surface area contributed by atoms with Gasteiger partial charge in [0.05, 0.1) is 0 Å². The van der Waals surface area contributed by atoms with E-state index in [1.54, 1.807) is 24.3 Å². The van der Waals surface area contributed by atoms with E-state index in [2.05, 4.69) is 30.0 Å². The van der Waals surface area contributed by atoms with E-state index in [-0.39, 0.29) is 5.91 Å². The molecule has 0 heterocycles. The number of rotatable bonds is 7. The molecule has 0 bridgehead atoms. The van der Waals surface area contributed by atoms with Crippen molar-refractivity contribution in [3.8, 4) is 0 Å². The molecule has 0 aliphatic carbocycles. The number of carbonyl (C=O) groups excluding carboxylic acids is 1. The highest BCUT2D eigenvalue weighted by Gasteiger charge is 2.08. The van der Waals surface area contributed by atoms with Gasteiger partial charge in [-0.05, 0) is 42.8 Å². The molecular weight excluding hydrogens is 318 g/mol. The Kier molecular flexibility index (Phi) is 8.85. The number of amides is 1. The maximum atomic E-state index is 11.9. The van der Waals surface area contributed by atoms with Crippen molar-refractivity contribution in [2.75, 3.05) is 6.54 Å². The average molecular weight is 342 g/mol. The lowest BCUT2D eigenvalue weighted by atomic mass is 9.99. The Morgan fingerprint density at radius 1 is 1.32 bits per heavy atom. The summed E-state index contributed by atoms with van der Waals surface area (Å²) in [4.78, 5) is 11.9. The normalized spacial score (nSPS) is 11.6. The number of thiocarbonyl (C=S) groups is 1. The molecule has 3 N–H and O–H groups in total. The lowest BCUT2D eigenvalue weighted by Gasteiger charge is -2.17. The molecule has 0 fully saturated rings. The lowest BCUT2D eigenvalue weighted by molar-refractivity contribution is 0.0943. The first-order chi connectivity index (χ1) is 10.6. The average Bonchev–Trinajstić information content (AvgIpc) is 2.52. The number of hydrogen-bond acceptors (Lipinski definition) is 2. The van der Waals surface area contributed by atoms with E-state index < -0.39 is 0 Å². The number of hydrazine groups is 1. The van der Waals surface area contributed by atoms with Crippen LogP contribution < -0.4 is 16.2 Å². The Hall–Kier alpha value is -1.33. The first-order valence-corrected chi connectivity index (χ1v) is 8.45. The van der Waals surface area contributed by atoms with Crippen LogP contribution in [0.2, 0.25) is 5.02 Å². The molecule has 0 aliphatic heterocycles. The zero-order valence-corrected chi connectivity index (χ0v) is 14.7. The molecule has 6 heteroatoms. The van der Waals surface area contributed by atoms with Gasteiger partial charge in [-0.25, -0.2) is 0 Å². The van der Waals surface area contributed by atoms with Crippen molar-refractivity contribution in [3.05, 3.63) is 34.9 Å². The summed E-state index contributed by atoms with van der Waals surface area (Å²) in [5.41, 5.74) is 5.76. The Bertz CT molecular complexity index is 496. The molecule has 0 aliphatic rings. The molecule has 22 heavy (non-hydrogen) atoms. The second-order valence-corrected chi connectivity index (χ2v) is 6.06. The smallest absolute Gasteiger partial charge is 0.269 e. The minimum absolute atomic E-state index is 0.273. The van der Waals surface area contributed by atoms with Crippen LogP contribution in [0.5, 0.6) is 0 Å². The predicted octanol–water partition coefficient (Wildman–Crippen LogP) is 3.67. The standard InChI is InChI=1S/C16H24ClN3OS/c1-3-5-7-12(4-2)11-18-16(22)20-19-15(21)13-8-6-9-14(17)10-13/h6,8-10,12H,3-5,7,11H2,1-2H3,(H,19,21)(H2,18,20,22)/t12-/m0/s1. The number of carbonyl (C=O) groups is 1. The van der Waals surface area contributed by atoms with E-state index in [0.29, 0.717) is 21.6 Å². The van der Waals surface area contributed by atoms with Crippen LogP contribution in [0, 0.1) is 5.92 Å². The molecule has 4 nitrogen and oxygen atoms in total. The third-order valence-corrected chi connectivity index (χ3v) is 3.95. The molecular formula is C16H24ClN3OS. The highest BCUT2D eigenvalue weighted by molar-refractivity contribution is 7.80. The number of nitrogens with one attached hydrogen (secondary N) is 3. The monoisotopic (exact) mass is 341 g/mol. The van der Waals surface area contributed by atoms with Crippen LogP contribution in [0.3, 0.4) is 0 Å². The van der Waals surface area contributed by atoms with E-state index in [0.717, 1.165) is 13.0 Å². The van der Waals surface area contributed by atoms with E-state index in [1.807, 2.05) is 0 Å². The first-order valence-electron chi connectivity index (χ1n) is 7.66. The summed E-state index contributed by atoms with van der Waals surface area (Å²) in [6.45, 7) is 5.19. The number of hydrogen-bond donors (Lipinski definition) is 3. The third-order valence-electron chi connectivity index (χ3n) is 3.47. The van der Waals surface area contributed by atoms with Gasteiger partial charge in [0.15, 0.2) is 5.11 Å². The molecule has 0 aromatic heterocycles. The summed E-state index contributed by atoms with van der Waals surface area (Å²) in [6.07, 6.45) is 4.74. The Balaban J connectivity index is 2.32. The maximum Gasteiger partial charge on any atom is 0.269 e. The van der Waals surface area contributed by atoms with Gasteiger partial charge in [-0.3, -0.25) is 15.6 Å². The van der Waals surface area contributed by atoms with Crippen LogP contribution in [-0.2, 0) is 0 Å². The van der Waals surface area contributed by atoms with Crippen LogP contribution in [-0.4, -0.2) is 17.6 Å². The van der Waals surface area contributed by atoms with Gasteiger partial charge in [-0.15, -0.1) is 0 Å². The largest absolute Gasteiger partial charge is 0.361 e. The topological polar surface area (TPSA) is 53.2 Å². The minimum Gasteiger partial charge on any atom is -0.361 e.